The van der Waals surface area contributed by atoms with E-state index in [2.05, 4.69) is 69.4 Å². The van der Waals surface area contributed by atoms with Crippen LogP contribution in [-0.4, -0.2) is 37.2 Å². The summed E-state index contributed by atoms with van der Waals surface area (Å²) < 4.78 is 16.9. The highest BCUT2D eigenvalue weighted by molar-refractivity contribution is 5.71. The number of allylic oxidation sites excluding steroid dienone is 8. The first-order valence-electron chi connectivity index (χ1n) is 32.6. The third-order valence-electron chi connectivity index (χ3n) is 14.5. The first-order chi connectivity index (χ1) is 36.5. The van der Waals surface area contributed by atoms with Gasteiger partial charge in [-0.3, -0.25) is 14.4 Å². The van der Waals surface area contributed by atoms with Crippen LogP contribution in [-0.2, 0) is 28.6 Å². The van der Waals surface area contributed by atoms with Crippen molar-refractivity contribution in [2.75, 3.05) is 13.2 Å². The van der Waals surface area contributed by atoms with E-state index in [9.17, 15) is 14.4 Å². The number of carbonyl (C=O) groups is 3. The van der Waals surface area contributed by atoms with Crippen LogP contribution in [0.2, 0.25) is 0 Å². The Morgan fingerprint density at radius 3 is 0.797 bits per heavy atom. The van der Waals surface area contributed by atoms with Gasteiger partial charge in [0, 0.05) is 19.3 Å². The molecule has 0 aliphatic rings. The van der Waals surface area contributed by atoms with Crippen molar-refractivity contribution in [1.82, 2.24) is 0 Å². The molecule has 0 radical (unpaired) electrons. The van der Waals surface area contributed by atoms with Crippen molar-refractivity contribution < 1.29 is 28.6 Å². The van der Waals surface area contributed by atoms with Crippen LogP contribution in [0.3, 0.4) is 0 Å². The number of esters is 3. The summed E-state index contributed by atoms with van der Waals surface area (Å²) >= 11 is 0. The maximum Gasteiger partial charge on any atom is 0.306 e. The zero-order valence-corrected chi connectivity index (χ0v) is 49.6. The summed E-state index contributed by atoms with van der Waals surface area (Å²) in [5.41, 5.74) is 0. The van der Waals surface area contributed by atoms with Crippen LogP contribution in [0.15, 0.2) is 48.6 Å². The second kappa shape index (κ2) is 62.9. The van der Waals surface area contributed by atoms with Crippen molar-refractivity contribution in [1.29, 1.82) is 0 Å². The summed E-state index contributed by atoms with van der Waals surface area (Å²) in [6.45, 7) is 6.63. The molecule has 432 valence electrons. The molecule has 0 N–H and O–H groups in total. The molecule has 1 atom stereocenters. The average Bonchev–Trinajstić information content (AvgIpc) is 3.40. The lowest BCUT2D eigenvalue weighted by molar-refractivity contribution is -0.167. The molecule has 1 unspecified atom stereocenters. The van der Waals surface area contributed by atoms with Crippen LogP contribution >= 0.6 is 0 Å². The number of hydrogen-bond donors (Lipinski definition) is 0. The lowest BCUT2D eigenvalue weighted by Crippen LogP contribution is -2.30. The second-order valence-corrected chi connectivity index (χ2v) is 22.0. The van der Waals surface area contributed by atoms with Crippen LogP contribution < -0.4 is 0 Å². The first kappa shape index (κ1) is 71.4. The van der Waals surface area contributed by atoms with Crippen molar-refractivity contribution in [3.8, 4) is 0 Å². The maximum atomic E-state index is 12.9. The molecule has 0 aromatic carbocycles. The highest BCUT2D eigenvalue weighted by Gasteiger charge is 2.19. The van der Waals surface area contributed by atoms with Crippen molar-refractivity contribution in [3.05, 3.63) is 48.6 Å². The van der Waals surface area contributed by atoms with E-state index in [0.717, 1.165) is 77.0 Å². The largest absolute Gasteiger partial charge is 0.462 e. The Hall–Kier alpha value is -2.63. The van der Waals surface area contributed by atoms with E-state index in [1.807, 2.05) is 0 Å². The van der Waals surface area contributed by atoms with Crippen LogP contribution in [0.4, 0.5) is 0 Å². The molecule has 0 fully saturated rings. The molecule has 0 aromatic rings. The molecule has 0 heterocycles. The maximum absolute atomic E-state index is 12.9. The van der Waals surface area contributed by atoms with Crippen LogP contribution in [0, 0.1) is 0 Å². The van der Waals surface area contributed by atoms with Gasteiger partial charge >= 0.3 is 17.9 Å². The number of unbranched alkanes of at least 4 members (excludes halogenated alkanes) is 41. The number of hydrogen-bond acceptors (Lipinski definition) is 6. The normalized spacial score (nSPS) is 12.3. The van der Waals surface area contributed by atoms with Gasteiger partial charge in [-0.2, -0.15) is 0 Å². The molecule has 0 spiro atoms. The van der Waals surface area contributed by atoms with E-state index < -0.39 is 6.10 Å². The van der Waals surface area contributed by atoms with Gasteiger partial charge in [0.15, 0.2) is 6.10 Å². The fraction of sp³-hybridized carbons (Fsp3) is 0.838. The second-order valence-electron chi connectivity index (χ2n) is 22.0. The summed E-state index contributed by atoms with van der Waals surface area (Å²) in [7, 11) is 0. The van der Waals surface area contributed by atoms with Gasteiger partial charge in [-0.25, -0.2) is 0 Å². The van der Waals surface area contributed by atoms with Crippen LogP contribution in [0.1, 0.15) is 348 Å². The highest BCUT2D eigenvalue weighted by Crippen LogP contribution is 2.17. The lowest BCUT2D eigenvalue weighted by Gasteiger charge is -2.18. The number of ether oxygens (including phenoxy) is 3. The minimum absolute atomic E-state index is 0.0769. The molecule has 0 bridgehead atoms. The molecule has 0 saturated carbocycles. The predicted molar refractivity (Wildman–Crippen MR) is 321 cm³/mol. The van der Waals surface area contributed by atoms with Gasteiger partial charge in [0.25, 0.3) is 0 Å². The molecule has 0 aromatic heterocycles. The smallest absolute Gasteiger partial charge is 0.306 e. The van der Waals surface area contributed by atoms with Gasteiger partial charge < -0.3 is 14.2 Å². The average molecular weight is 1040 g/mol. The summed E-state index contributed by atoms with van der Waals surface area (Å²) in [4.78, 5) is 38.3. The topological polar surface area (TPSA) is 78.9 Å². The van der Waals surface area contributed by atoms with Gasteiger partial charge in [0.05, 0.1) is 0 Å². The molecule has 0 amide bonds. The lowest BCUT2D eigenvalue weighted by atomic mass is 10.0. The Labute approximate surface area is 460 Å². The van der Waals surface area contributed by atoms with E-state index in [0.29, 0.717) is 19.3 Å². The molecule has 0 aliphatic carbocycles. The molecule has 6 heteroatoms. The quantitative estimate of drug-likeness (QED) is 0.0261. The number of rotatable bonds is 60. The third-order valence-corrected chi connectivity index (χ3v) is 14.5. The Morgan fingerprint density at radius 1 is 0.270 bits per heavy atom. The fourth-order valence-corrected chi connectivity index (χ4v) is 9.57. The van der Waals surface area contributed by atoms with E-state index in [1.165, 1.54) is 231 Å². The van der Waals surface area contributed by atoms with E-state index >= 15 is 0 Å². The molecule has 6 nitrogen and oxygen atoms in total. The Morgan fingerprint density at radius 2 is 0.500 bits per heavy atom. The molecular weight excluding hydrogens is 913 g/mol. The summed E-state index contributed by atoms with van der Waals surface area (Å²) in [6, 6.07) is 0. The minimum atomic E-state index is -0.781. The molecular formula is C68H124O6. The van der Waals surface area contributed by atoms with E-state index in [4.69, 9.17) is 14.2 Å². The molecule has 74 heavy (non-hydrogen) atoms. The Bertz CT molecular complexity index is 1280. The highest BCUT2D eigenvalue weighted by atomic mass is 16.6. The third kappa shape index (κ3) is 60.2. The zero-order chi connectivity index (χ0) is 53.6. The molecule has 0 aliphatic heterocycles. The van der Waals surface area contributed by atoms with Gasteiger partial charge in [0.1, 0.15) is 13.2 Å². The zero-order valence-electron chi connectivity index (χ0n) is 49.6. The molecule has 0 rings (SSSR count). The van der Waals surface area contributed by atoms with Crippen molar-refractivity contribution >= 4 is 17.9 Å². The van der Waals surface area contributed by atoms with Crippen molar-refractivity contribution in [2.24, 2.45) is 0 Å². The van der Waals surface area contributed by atoms with Gasteiger partial charge in [-0.1, -0.05) is 281 Å². The first-order valence-corrected chi connectivity index (χ1v) is 32.6. The van der Waals surface area contributed by atoms with Crippen LogP contribution in [0.25, 0.3) is 0 Å². The predicted octanol–water partition coefficient (Wildman–Crippen LogP) is 22.2. The summed E-state index contributed by atoms with van der Waals surface area (Å²) in [6.07, 6.45) is 78.4. The van der Waals surface area contributed by atoms with Gasteiger partial charge in [-0.05, 0) is 96.3 Å². The Balaban J connectivity index is 4.27. The van der Waals surface area contributed by atoms with Crippen molar-refractivity contribution in [2.45, 2.75) is 354 Å². The Kier molecular flexibility index (Phi) is 60.7. The van der Waals surface area contributed by atoms with E-state index in [-0.39, 0.29) is 31.1 Å². The molecule has 0 saturated heterocycles. The summed E-state index contributed by atoms with van der Waals surface area (Å²) in [5.74, 6) is -0.877. The van der Waals surface area contributed by atoms with E-state index in [1.54, 1.807) is 0 Å². The minimum Gasteiger partial charge on any atom is -0.462 e. The van der Waals surface area contributed by atoms with Gasteiger partial charge in [0.2, 0.25) is 0 Å². The van der Waals surface area contributed by atoms with Crippen molar-refractivity contribution in [3.63, 3.8) is 0 Å². The standard InChI is InChI=1S/C68H124O6/c1-4-7-10-13-16-19-22-25-28-30-31-32-33-34-35-36-37-39-40-43-46-49-52-55-58-61-67(70)73-64-65(63-72-66(69)60-57-54-51-48-45-42-27-24-21-18-15-12-9-6-3)74-68(71)62-59-56-53-50-47-44-41-38-29-26-23-20-17-14-11-8-5-2/h15,18,24,26-27,29-31,65H,4-14,16-17,19-23,25,28,32-64H2,1-3H3/b18-15-,27-24-,29-26-,31-30-. The monoisotopic (exact) mass is 1040 g/mol. The van der Waals surface area contributed by atoms with Gasteiger partial charge in [-0.15, -0.1) is 0 Å². The SMILES string of the molecule is CCCC/C=C\C/C=C\CCCCCCCC(=O)OCC(COC(=O)CCCCCCCCCCCCCCC/C=C\CCCCCCCCCC)OC(=O)CCCCCCCCC/C=C\CCCCCCCC. The fourth-order valence-electron chi connectivity index (χ4n) is 9.57. The van der Waals surface area contributed by atoms with Crippen LogP contribution in [0.5, 0.6) is 0 Å². The number of carbonyl (C=O) groups excluding carboxylic acids is 3. The summed E-state index contributed by atoms with van der Waals surface area (Å²) in [5, 5.41) is 0.